The summed E-state index contributed by atoms with van der Waals surface area (Å²) < 4.78 is 11.3. The lowest BCUT2D eigenvalue weighted by molar-refractivity contribution is -0.137. The van der Waals surface area contributed by atoms with Gasteiger partial charge in [0, 0.05) is 12.6 Å². The summed E-state index contributed by atoms with van der Waals surface area (Å²) in [5, 5.41) is 3.59. The molecule has 3 unspecified atom stereocenters. The zero-order chi connectivity index (χ0) is 10.9. The quantitative estimate of drug-likeness (QED) is 0.777. The van der Waals surface area contributed by atoms with Gasteiger partial charge in [-0.25, -0.2) is 0 Å². The van der Waals surface area contributed by atoms with E-state index in [2.05, 4.69) is 12.2 Å². The van der Waals surface area contributed by atoms with Crippen molar-refractivity contribution in [1.82, 2.24) is 5.32 Å². The zero-order valence-corrected chi connectivity index (χ0v) is 10.1. The topological polar surface area (TPSA) is 30.5 Å². The number of ether oxygens (including phenoxy) is 2. The van der Waals surface area contributed by atoms with Crippen LogP contribution in [0.25, 0.3) is 0 Å². The van der Waals surface area contributed by atoms with Gasteiger partial charge in [-0.2, -0.15) is 0 Å². The molecule has 0 radical (unpaired) electrons. The van der Waals surface area contributed by atoms with Crippen molar-refractivity contribution in [3.05, 3.63) is 0 Å². The van der Waals surface area contributed by atoms with Crippen molar-refractivity contribution in [1.29, 1.82) is 0 Å². The molecular formula is C12H23NO2. The molecule has 1 aliphatic heterocycles. The maximum atomic E-state index is 5.75. The summed E-state index contributed by atoms with van der Waals surface area (Å²) in [4.78, 5) is 0. The molecule has 1 heterocycles. The van der Waals surface area contributed by atoms with Crippen LogP contribution in [0.1, 0.15) is 40.0 Å². The van der Waals surface area contributed by atoms with E-state index in [0.29, 0.717) is 6.04 Å². The lowest BCUT2D eigenvalue weighted by Gasteiger charge is -2.19. The summed E-state index contributed by atoms with van der Waals surface area (Å²) in [6.45, 7) is 7.94. The summed E-state index contributed by atoms with van der Waals surface area (Å²) in [6.07, 6.45) is 4.23. The Morgan fingerprint density at radius 3 is 2.67 bits per heavy atom. The number of hydrogen-bond donors (Lipinski definition) is 1. The Hall–Kier alpha value is -0.120. The van der Waals surface area contributed by atoms with Crippen LogP contribution in [0.3, 0.4) is 0 Å². The van der Waals surface area contributed by atoms with Crippen LogP contribution in [0.5, 0.6) is 0 Å². The van der Waals surface area contributed by atoms with Gasteiger partial charge in [-0.05, 0) is 39.0 Å². The van der Waals surface area contributed by atoms with Crippen LogP contribution in [0.15, 0.2) is 0 Å². The lowest BCUT2D eigenvalue weighted by atomic mass is 10.1. The first-order valence-corrected chi connectivity index (χ1v) is 6.10. The van der Waals surface area contributed by atoms with Gasteiger partial charge in [-0.3, -0.25) is 0 Å². The molecule has 2 rings (SSSR count). The molecule has 1 saturated carbocycles. The average Bonchev–Trinajstić information content (AvgIpc) is 2.69. The molecule has 88 valence electrons. The number of rotatable bonds is 3. The Morgan fingerprint density at radius 1 is 1.33 bits per heavy atom. The van der Waals surface area contributed by atoms with E-state index in [0.717, 1.165) is 19.1 Å². The Labute approximate surface area is 92.5 Å². The van der Waals surface area contributed by atoms with Gasteiger partial charge in [0.25, 0.3) is 0 Å². The van der Waals surface area contributed by atoms with Crippen LogP contribution in [-0.4, -0.2) is 31.1 Å². The summed E-state index contributed by atoms with van der Waals surface area (Å²) in [7, 11) is 0. The molecule has 3 heteroatoms. The molecule has 0 aromatic rings. The molecule has 0 aromatic heterocycles. The van der Waals surface area contributed by atoms with Crippen LogP contribution in [-0.2, 0) is 9.47 Å². The largest absolute Gasteiger partial charge is 0.348 e. The highest BCUT2D eigenvalue weighted by Crippen LogP contribution is 2.25. The van der Waals surface area contributed by atoms with Crippen molar-refractivity contribution in [2.24, 2.45) is 5.92 Å². The standard InChI is InChI=1S/C12H23NO2/c1-9-4-5-10(6-9)13-7-11-8-14-12(2,3)15-11/h9-11,13H,4-8H2,1-3H3. The smallest absolute Gasteiger partial charge is 0.163 e. The summed E-state index contributed by atoms with van der Waals surface area (Å²) in [5.74, 6) is 0.509. The Morgan fingerprint density at radius 2 is 2.13 bits per heavy atom. The molecule has 1 N–H and O–H groups in total. The maximum absolute atomic E-state index is 5.75. The van der Waals surface area contributed by atoms with Crippen LogP contribution in [0.4, 0.5) is 0 Å². The fourth-order valence-corrected chi connectivity index (χ4v) is 2.55. The minimum Gasteiger partial charge on any atom is -0.348 e. The van der Waals surface area contributed by atoms with Gasteiger partial charge in [-0.15, -0.1) is 0 Å². The third-order valence-electron chi connectivity index (χ3n) is 3.40. The third-order valence-corrected chi connectivity index (χ3v) is 3.40. The first-order valence-electron chi connectivity index (χ1n) is 6.10. The first-order chi connectivity index (χ1) is 7.05. The molecule has 15 heavy (non-hydrogen) atoms. The Bertz CT molecular complexity index is 218. The number of nitrogens with one attached hydrogen (secondary N) is 1. The SMILES string of the molecule is CC1CCC(NCC2COC(C)(C)O2)C1. The lowest BCUT2D eigenvalue weighted by Crippen LogP contribution is -2.36. The van der Waals surface area contributed by atoms with Crippen molar-refractivity contribution in [2.45, 2.75) is 58.0 Å². The minimum absolute atomic E-state index is 0.232. The van der Waals surface area contributed by atoms with Crippen LogP contribution < -0.4 is 5.32 Å². The van der Waals surface area contributed by atoms with Crippen LogP contribution in [0, 0.1) is 5.92 Å². The predicted molar refractivity (Wildman–Crippen MR) is 59.7 cm³/mol. The molecule has 0 spiro atoms. The molecule has 3 atom stereocenters. The molecule has 1 aliphatic carbocycles. The second kappa shape index (κ2) is 4.40. The Kier molecular flexibility index (Phi) is 3.33. The van der Waals surface area contributed by atoms with E-state index in [-0.39, 0.29) is 11.9 Å². The normalized spacial score (nSPS) is 39.8. The van der Waals surface area contributed by atoms with E-state index in [1.165, 1.54) is 19.3 Å². The van der Waals surface area contributed by atoms with Gasteiger partial charge in [0.2, 0.25) is 0 Å². The fraction of sp³-hybridized carbons (Fsp3) is 1.00. The van der Waals surface area contributed by atoms with Gasteiger partial charge in [-0.1, -0.05) is 6.92 Å². The molecule has 2 fully saturated rings. The molecule has 2 aliphatic rings. The van der Waals surface area contributed by atoms with Gasteiger partial charge in [0.1, 0.15) is 0 Å². The summed E-state index contributed by atoms with van der Waals surface area (Å²) in [6, 6.07) is 0.701. The van der Waals surface area contributed by atoms with Crippen molar-refractivity contribution in [3.63, 3.8) is 0 Å². The van der Waals surface area contributed by atoms with Crippen molar-refractivity contribution in [3.8, 4) is 0 Å². The molecule has 0 aromatic carbocycles. The van der Waals surface area contributed by atoms with Crippen LogP contribution in [0.2, 0.25) is 0 Å². The van der Waals surface area contributed by atoms with Gasteiger partial charge < -0.3 is 14.8 Å². The third kappa shape index (κ3) is 3.16. The number of hydrogen-bond acceptors (Lipinski definition) is 3. The van der Waals surface area contributed by atoms with Crippen molar-refractivity contribution < 1.29 is 9.47 Å². The van der Waals surface area contributed by atoms with E-state index in [1.807, 2.05) is 13.8 Å². The zero-order valence-electron chi connectivity index (χ0n) is 10.1. The first kappa shape index (κ1) is 11.4. The summed E-state index contributed by atoms with van der Waals surface area (Å²) >= 11 is 0. The van der Waals surface area contributed by atoms with Gasteiger partial charge in [0.15, 0.2) is 5.79 Å². The average molecular weight is 213 g/mol. The molecule has 0 bridgehead atoms. The maximum Gasteiger partial charge on any atom is 0.163 e. The van der Waals surface area contributed by atoms with E-state index in [4.69, 9.17) is 9.47 Å². The second-order valence-electron chi connectivity index (χ2n) is 5.47. The van der Waals surface area contributed by atoms with E-state index in [9.17, 15) is 0 Å². The molecule has 0 amide bonds. The minimum atomic E-state index is -0.380. The molecular weight excluding hydrogens is 190 g/mol. The fourth-order valence-electron chi connectivity index (χ4n) is 2.55. The van der Waals surface area contributed by atoms with E-state index < -0.39 is 0 Å². The van der Waals surface area contributed by atoms with E-state index >= 15 is 0 Å². The monoisotopic (exact) mass is 213 g/mol. The Balaban J connectivity index is 1.66. The highest BCUT2D eigenvalue weighted by Gasteiger charge is 2.33. The molecule has 3 nitrogen and oxygen atoms in total. The summed E-state index contributed by atoms with van der Waals surface area (Å²) in [5.41, 5.74) is 0. The van der Waals surface area contributed by atoms with Gasteiger partial charge in [0.05, 0.1) is 12.7 Å². The van der Waals surface area contributed by atoms with Crippen molar-refractivity contribution >= 4 is 0 Å². The highest BCUT2D eigenvalue weighted by atomic mass is 16.7. The van der Waals surface area contributed by atoms with E-state index in [1.54, 1.807) is 0 Å². The molecule has 1 saturated heterocycles. The predicted octanol–water partition coefficient (Wildman–Crippen LogP) is 1.92. The van der Waals surface area contributed by atoms with Crippen molar-refractivity contribution in [2.75, 3.05) is 13.2 Å². The highest BCUT2D eigenvalue weighted by molar-refractivity contribution is 4.81. The van der Waals surface area contributed by atoms with Gasteiger partial charge >= 0.3 is 0 Å². The second-order valence-corrected chi connectivity index (χ2v) is 5.47. The van der Waals surface area contributed by atoms with Crippen LogP contribution >= 0.6 is 0 Å².